The average molecular weight is 308 g/mol. The lowest BCUT2D eigenvalue weighted by Crippen LogP contribution is -2.41. The Kier molecular flexibility index (Phi) is 4.10. The summed E-state index contributed by atoms with van der Waals surface area (Å²) >= 11 is 0. The standard InChI is InChI=1S/C14H21BN2O5/c1-13(2)14(3,4)22-15(21-13)10-8-17(5)11(18)6-9(10)7-16-12(19)20/h6,8,16H,7H2,1-5H3,(H,19,20). The third-order valence-electron chi connectivity index (χ3n) is 4.29. The number of hydrogen-bond acceptors (Lipinski definition) is 4. The maximum atomic E-state index is 11.8. The zero-order valence-electron chi connectivity index (χ0n) is 13.5. The van der Waals surface area contributed by atoms with Gasteiger partial charge in [-0.25, -0.2) is 4.79 Å². The molecule has 1 aliphatic heterocycles. The van der Waals surface area contributed by atoms with Crippen molar-refractivity contribution in [1.82, 2.24) is 9.88 Å². The monoisotopic (exact) mass is 308 g/mol. The van der Waals surface area contributed by atoms with Crippen LogP contribution in [0, 0.1) is 0 Å². The molecule has 0 unspecified atom stereocenters. The molecule has 0 aromatic carbocycles. The first-order valence-corrected chi connectivity index (χ1v) is 7.05. The van der Waals surface area contributed by atoms with Gasteiger partial charge in [-0.1, -0.05) is 0 Å². The molecule has 8 heteroatoms. The van der Waals surface area contributed by atoms with Gasteiger partial charge in [-0.05, 0) is 33.3 Å². The number of amides is 1. The SMILES string of the molecule is Cn1cc(B2OC(C)(C)C(C)(C)O2)c(CNC(=O)O)cc1=O. The number of nitrogens with zero attached hydrogens (tertiary/aromatic N) is 1. The minimum absolute atomic E-state index is 0.0187. The smallest absolute Gasteiger partial charge is 0.465 e. The summed E-state index contributed by atoms with van der Waals surface area (Å²) in [6, 6.07) is 1.40. The van der Waals surface area contributed by atoms with Crippen LogP contribution < -0.4 is 16.3 Å². The van der Waals surface area contributed by atoms with E-state index in [2.05, 4.69) is 5.32 Å². The molecule has 2 rings (SSSR count). The Morgan fingerprint density at radius 3 is 2.36 bits per heavy atom. The van der Waals surface area contributed by atoms with Crippen LogP contribution in [0.3, 0.4) is 0 Å². The van der Waals surface area contributed by atoms with Gasteiger partial charge in [0.1, 0.15) is 0 Å². The molecular formula is C14H21BN2O5. The number of hydrogen-bond donors (Lipinski definition) is 2. The predicted octanol–water partition coefficient (Wildman–Crippen LogP) is 0.452. The van der Waals surface area contributed by atoms with Gasteiger partial charge < -0.3 is 24.3 Å². The minimum Gasteiger partial charge on any atom is -0.465 e. The number of carbonyl (C=O) groups is 1. The highest BCUT2D eigenvalue weighted by Crippen LogP contribution is 2.36. The molecule has 2 N–H and O–H groups in total. The highest BCUT2D eigenvalue weighted by Gasteiger charge is 2.52. The minimum atomic E-state index is -1.15. The molecule has 2 heterocycles. The van der Waals surface area contributed by atoms with Crippen molar-refractivity contribution in [1.29, 1.82) is 0 Å². The van der Waals surface area contributed by atoms with Gasteiger partial charge in [-0.15, -0.1) is 0 Å². The van der Waals surface area contributed by atoms with Crippen LogP contribution >= 0.6 is 0 Å². The van der Waals surface area contributed by atoms with Crippen molar-refractivity contribution in [2.75, 3.05) is 0 Å². The zero-order valence-corrected chi connectivity index (χ0v) is 13.5. The van der Waals surface area contributed by atoms with E-state index in [1.54, 1.807) is 13.2 Å². The summed E-state index contributed by atoms with van der Waals surface area (Å²) in [4.78, 5) is 22.5. The van der Waals surface area contributed by atoms with E-state index in [1.807, 2.05) is 27.7 Å². The van der Waals surface area contributed by atoms with Crippen LogP contribution in [0.2, 0.25) is 0 Å². The number of nitrogens with one attached hydrogen (secondary N) is 1. The molecule has 1 aromatic heterocycles. The fourth-order valence-electron chi connectivity index (χ4n) is 2.20. The average Bonchev–Trinajstić information content (AvgIpc) is 2.59. The lowest BCUT2D eigenvalue weighted by Gasteiger charge is -2.32. The first-order valence-electron chi connectivity index (χ1n) is 7.05. The summed E-state index contributed by atoms with van der Waals surface area (Å²) in [6.07, 6.45) is 0.476. The van der Waals surface area contributed by atoms with Crippen LogP contribution in [-0.4, -0.2) is 34.1 Å². The van der Waals surface area contributed by atoms with E-state index < -0.39 is 24.4 Å². The summed E-state index contributed by atoms with van der Waals surface area (Å²) in [5.74, 6) is 0. The third kappa shape index (κ3) is 3.03. The summed E-state index contributed by atoms with van der Waals surface area (Å²) in [7, 11) is 0.980. The topological polar surface area (TPSA) is 89.8 Å². The van der Waals surface area contributed by atoms with Crippen LogP contribution in [0.25, 0.3) is 0 Å². The van der Waals surface area contributed by atoms with E-state index in [-0.39, 0.29) is 12.1 Å². The third-order valence-corrected chi connectivity index (χ3v) is 4.29. The highest BCUT2D eigenvalue weighted by molar-refractivity contribution is 6.62. The maximum absolute atomic E-state index is 11.8. The summed E-state index contributed by atoms with van der Waals surface area (Å²) in [5.41, 5.74) is -0.0470. The predicted molar refractivity (Wildman–Crippen MR) is 82.3 cm³/mol. The van der Waals surface area contributed by atoms with Crippen LogP contribution in [-0.2, 0) is 22.9 Å². The quantitative estimate of drug-likeness (QED) is 0.792. The first kappa shape index (κ1) is 16.6. The molecule has 0 aliphatic carbocycles. The van der Waals surface area contributed by atoms with Crippen molar-refractivity contribution < 1.29 is 19.2 Å². The fourth-order valence-corrected chi connectivity index (χ4v) is 2.20. The van der Waals surface area contributed by atoms with Gasteiger partial charge in [-0.3, -0.25) is 4.79 Å². The molecule has 0 spiro atoms. The molecule has 1 aliphatic rings. The molecule has 0 saturated carbocycles. The molecule has 22 heavy (non-hydrogen) atoms. The lowest BCUT2D eigenvalue weighted by atomic mass is 9.77. The highest BCUT2D eigenvalue weighted by atomic mass is 16.7. The van der Waals surface area contributed by atoms with E-state index in [1.165, 1.54) is 10.6 Å². The molecule has 120 valence electrons. The Morgan fingerprint density at radius 1 is 1.32 bits per heavy atom. The number of pyridine rings is 1. The van der Waals surface area contributed by atoms with E-state index in [0.717, 1.165) is 0 Å². The Bertz CT molecular complexity index is 637. The van der Waals surface area contributed by atoms with Gasteiger partial charge in [0.05, 0.1) is 11.2 Å². The normalized spacial score (nSPS) is 19.2. The molecule has 1 aromatic rings. The summed E-state index contributed by atoms with van der Waals surface area (Å²) in [6.45, 7) is 7.76. The number of rotatable bonds is 3. The Morgan fingerprint density at radius 2 is 1.86 bits per heavy atom. The largest absolute Gasteiger partial charge is 0.496 e. The maximum Gasteiger partial charge on any atom is 0.496 e. The molecular weight excluding hydrogens is 287 g/mol. The Hall–Kier alpha value is -1.80. The van der Waals surface area contributed by atoms with Crippen LogP contribution in [0.5, 0.6) is 0 Å². The molecule has 1 fully saturated rings. The second-order valence-corrected chi connectivity index (χ2v) is 6.45. The number of aromatic nitrogens is 1. The number of carboxylic acid groups (broad SMARTS) is 1. The lowest BCUT2D eigenvalue weighted by molar-refractivity contribution is 0.00578. The van der Waals surface area contributed by atoms with Crippen molar-refractivity contribution in [2.24, 2.45) is 7.05 Å². The van der Waals surface area contributed by atoms with Crippen molar-refractivity contribution >= 4 is 18.7 Å². The van der Waals surface area contributed by atoms with Crippen LogP contribution in [0.4, 0.5) is 4.79 Å². The zero-order chi connectivity index (χ0) is 16.7. The van der Waals surface area contributed by atoms with Crippen LogP contribution in [0.15, 0.2) is 17.1 Å². The fraction of sp³-hybridized carbons (Fsp3) is 0.571. The van der Waals surface area contributed by atoms with Gasteiger partial charge >= 0.3 is 13.2 Å². The van der Waals surface area contributed by atoms with Crippen molar-refractivity contribution in [3.05, 3.63) is 28.2 Å². The van der Waals surface area contributed by atoms with Gasteiger partial charge in [0.2, 0.25) is 0 Å². The van der Waals surface area contributed by atoms with Gasteiger partial charge in [-0.2, -0.15) is 0 Å². The van der Waals surface area contributed by atoms with Crippen molar-refractivity contribution in [3.8, 4) is 0 Å². The van der Waals surface area contributed by atoms with Crippen molar-refractivity contribution in [3.63, 3.8) is 0 Å². The molecule has 7 nitrogen and oxygen atoms in total. The molecule has 0 radical (unpaired) electrons. The molecule has 1 saturated heterocycles. The van der Waals surface area contributed by atoms with E-state index in [4.69, 9.17) is 14.4 Å². The van der Waals surface area contributed by atoms with E-state index >= 15 is 0 Å². The molecule has 0 atom stereocenters. The van der Waals surface area contributed by atoms with Crippen LogP contribution in [0.1, 0.15) is 33.3 Å². The molecule has 0 bridgehead atoms. The van der Waals surface area contributed by atoms with E-state index in [0.29, 0.717) is 11.0 Å². The van der Waals surface area contributed by atoms with Crippen molar-refractivity contribution in [2.45, 2.75) is 45.4 Å². The Balaban J connectivity index is 2.40. The van der Waals surface area contributed by atoms with Gasteiger partial charge in [0.15, 0.2) is 0 Å². The summed E-state index contributed by atoms with van der Waals surface area (Å²) < 4.78 is 13.4. The second kappa shape index (κ2) is 5.44. The summed E-state index contributed by atoms with van der Waals surface area (Å²) in [5, 5.41) is 11.0. The first-order chi connectivity index (χ1) is 10.0. The van der Waals surface area contributed by atoms with Gasteiger partial charge in [0.25, 0.3) is 5.56 Å². The van der Waals surface area contributed by atoms with E-state index in [9.17, 15) is 9.59 Å². The number of aryl methyl sites for hydroxylation is 1. The van der Waals surface area contributed by atoms with Gasteiger partial charge in [0, 0.05) is 31.3 Å². The molecule has 1 amide bonds. The Labute approximate surface area is 129 Å². The second-order valence-electron chi connectivity index (χ2n) is 6.45.